The number of aliphatic hydroxyl groups excluding tert-OH is 1. The van der Waals surface area contributed by atoms with E-state index >= 15 is 0 Å². The molecule has 0 rings (SSSR count). The van der Waals surface area contributed by atoms with E-state index in [1.54, 1.807) is 6.08 Å². The van der Waals surface area contributed by atoms with Gasteiger partial charge < -0.3 is 19.8 Å². The van der Waals surface area contributed by atoms with Crippen LogP contribution in [-0.2, 0) is 18.4 Å². The van der Waals surface area contributed by atoms with Crippen molar-refractivity contribution in [2.75, 3.05) is 40.9 Å². The first-order valence-electron chi connectivity index (χ1n) is 35.1. The molecule has 83 heavy (non-hydrogen) atoms. The zero-order chi connectivity index (χ0) is 60.5. The summed E-state index contributed by atoms with van der Waals surface area (Å²) in [5.74, 6) is -0.188. The van der Waals surface area contributed by atoms with Gasteiger partial charge in [0.05, 0.1) is 39.9 Å². The number of phosphoric acid groups is 1. The zero-order valence-electron chi connectivity index (χ0n) is 55.2. The molecule has 0 aliphatic carbocycles. The molecule has 1 amide bonds. The number of carbonyl (C=O) groups excluding carboxylic acids is 1. The lowest BCUT2D eigenvalue weighted by atomic mass is 10.0. The number of rotatable bonds is 64. The molecule has 0 aromatic rings. The summed E-state index contributed by atoms with van der Waals surface area (Å²) in [7, 11) is 1.55. The molecule has 482 valence electrons. The van der Waals surface area contributed by atoms with E-state index in [1.807, 2.05) is 27.2 Å². The summed E-state index contributed by atoms with van der Waals surface area (Å²) in [5.41, 5.74) is 0. The smallest absolute Gasteiger partial charge is 0.387 e. The first-order chi connectivity index (χ1) is 40.5. The molecule has 3 N–H and O–H groups in total. The third kappa shape index (κ3) is 66.8. The number of carbonyl (C=O) groups is 1. The van der Waals surface area contributed by atoms with Crippen LogP contribution in [0.4, 0.5) is 0 Å². The van der Waals surface area contributed by atoms with Crippen LogP contribution in [0.3, 0.4) is 0 Å². The molecule has 0 bridgehead atoms. The molecule has 0 aliphatic rings. The first-order valence-corrected chi connectivity index (χ1v) is 36.6. The standard InChI is InChI=1S/C74H135N2O6P/c1-6-8-10-12-14-16-18-20-22-24-26-28-30-32-33-34-35-36-37-38-39-40-41-42-43-44-46-48-50-52-54-56-58-60-62-64-66-68-74(78)75-72(71-82-83(79,80)81-70-69-76(3,4)5)73(77)67-65-63-61-59-57-55-53-51-49-47-45-31-29-27-25-23-21-19-17-15-13-11-9-7-2/h8,10,14,16,20,22,26,28,32-33,49,51,57,59,65,67,72-73,77H,6-7,9,11-13,15,17-19,21,23-25,27,29-31,34-48,50,52-56,58,60-64,66,68-71H2,1-5H3,(H-,75,78,79,80)/p+1/b10-8-,16-14-,22-20-,28-26-,33-32-,51-49+,59-57+,67-65+. The molecule has 0 aromatic heterocycles. The van der Waals surface area contributed by atoms with Crippen LogP contribution >= 0.6 is 7.82 Å². The van der Waals surface area contributed by atoms with Crippen LogP contribution in [0.5, 0.6) is 0 Å². The van der Waals surface area contributed by atoms with Crippen LogP contribution < -0.4 is 5.32 Å². The summed E-state index contributed by atoms with van der Waals surface area (Å²) in [6, 6.07) is -0.874. The van der Waals surface area contributed by atoms with Crippen LogP contribution in [0, 0.1) is 0 Å². The van der Waals surface area contributed by atoms with E-state index in [9.17, 15) is 19.4 Å². The van der Waals surface area contributed by atoms with Gasteiger partial charge in [0.15, 0.2) is 0 Å². The number of phosphoric ester groups is 1. The van der Waals surface area contributed by atoms with E-state index in [0.717, 1.165) is 77.0 Å². The number of allylic oxidation sites excluding steroid dienone is 15. The molecule has 3 unspecified atom stereocenters. The molecular formula is C74H136N2O6P+. The molecule has 9 heteroatoms. The summed E-state index contributed by atoms with van der Waals surface area (Å²) in [4.78, 5) is 23.4. The summed E-state index contributed by atoms with van der Waals surface area (Å²) in [6.45, 7) is 4.70. The third-order valence-corrected chi connectivity index (χ3v) is 16.5. The molecule has 0 aliphatic heterocycles. The highest BCUT2D eigenvalue weighted by molar-refractivity contribution is 7.47. The number of quaternary nitrogens is 1. The second-order valence-corrected chi connectivity index (χ2v) is 26.3. The minimum Gasteiger partial charge on any atom is -0.387 e. The summed E-state index contributed by atoms with van der Waals surface area (Å²) >= 11 is 0. The zero-order valence-corrected chi connectivity index (χ0v) is 56.1. The van der Waals surface area contributed by atoms with Gasteiger partial charge in [-0.15, -0.1) is 0 Å². The SMILES string of the molecule is CC/C=C\C/C=C\C/C=C\C/C=C\C/C=C\CCCCCCCCCCCCCCCCCCCCCCCC(=O)NC(COP(=O)(O)OCC[N+](C)(C)C)C(O)/C=C/CC/C=C/CC/C=C/CCCCCCCCCCCCCCCC. The largest absolute Gasteiger partial charge is 0.472 e. The quantitative estimate of drug-likeness (QED) is 0.0243. The van der Waals surface area contributed by atoms with E-state index in [2.05, 4.69) is 104 Å². The van der Waals surface area contributed by atoms with Crippen molar-refractivity contribution in [1.82, 2.24) is 5.32 Å². The predicted molar refractivity (Wildman–Crippen MR) is 364 cm³/mol. The number of unbranched alkanes of at least 4 members (excludes halogenated alkanes) is 37. The molecule has 0 radical (unpaired) electrons. The Morgan fingerprint density at radius 1 is 0.422 bits per heavy atom. The first kappa shape index (κ1) is 80.4. The Morgan fingerprint density at radius 2 is 0.735 bits per heavy atom. The Bertz CT molecular complexity index is 1670. The van der Waals surface area contributed by atoms with Crippen LogP contribution in [0.2, 0.25) is 0 Å². The van der Waals surface area contributed by atoms with Crippen molar-refractivity contribution >= 4 is 13.7 Å². The third-order valence-electron chi connectivity index (χ3n) is 15.5. The van der Waals surface area contributed by atoms with Crippen LogP contribution in [0.25, 0.3) is 0 Å². The minimum absolute atomic E-state index is 0.0519. The van der Waals surface area contributed by atoms with Crippen LogP contribution in [0.1, 0.15) is 316 Å². The molecule has 0 fully saturated rings. The monoisotopic (exact) mass is 1180 g/mol. The predicted octanol–water partition coefficient (Wildman–Crippen LogP) is 22.5. The maximum absolute atomic E-state index is 13.0. The fourth-order valence-electron chi connectivity index (χ4n) is 10.1. The van der Waals surface area contributed by atoms with E-state index in [1.165, 1.54) is 218 Å². The Balaban J connectivity index is 4.07. The van der Waals surface area contributed by atoms with Gasteiger partial charge in [0.2, 0.25) is 5.91 Å². The highest BCUT2D eigenvalue weighted by atomic mass is 31.2. The molecule has 0 heterocycles. The average Bonchev–Trinajstić information content (AvgIpc) is 3.50. The maximum atomic E-state index is 13.0. The number of amides is 1. The fraction of sp³-hybridized carbons (Fsp3) is 0.770. The molecule has 3 atom stereocenters. The van der Waals surface area contributed by atoms with Gasteiger partial charge in [-0.1, -0.05) is 317 Å². The van der Waals surface area contributed by atoms with Crippen molar-refractivity contribution in [2.45, 2.75) is 328 Å². The minimum atomic E-state index is -4.37. The van der Waals surface area contributed by atoms with Crippen molar-refractivity contribution in [2.24, 2.45) is 0 Å². The van der Waals surface area contributed by atoms with Gasteiger partial charge in [-0.2, -0.15) is 0 Å². The lowest BCUT2D eigenvalue weighted by molar-refractivity contribution is -0.870. The summed E-state index contributed by atoms with van der Waals surface area (Å²) < 4.78 is 23.8. The van der Waals surface area contributed by atoms with Gasteiger partial charge in [-0.05, 0) is 89.9 Å². The second kappa shape index (κ2) is 63.9. The number of likely N-dealkylation sites (N-methyl/N-ethyl adjacent to an activating group) is 1. The van der Waals surface area contributed by atoms with Gasteiger partial charge in [0, 0.05) is 6.42 Å². The molecule has 0 aromatic carbocycles. The number of hydrogen-bond donors (Lipinski definition) is 3. The molecular weight excluding hydrogens is 1040 g/mol. The van der Waals surface area contributed by atoms with Gasteiger partial charge in [0.25, 0.3) is 0 Å². The van der Waals surface area contributed by atoms with Gasteiger partial charge in [0.1, 0.15) is 13.2 Å². The van der Waals surface area contributed by atoms with Crippen LogP contribution in [-0.4, -0.2) is 73.4 Å². The van der Waals surface area contributed by atoms with Crippen molar-refractivity contribution < 1.29 is 32.9 Å². The number of nitrogens with zero attached hydrogens (tertiary/aromatic N) is 1. The lowest BCUT2D eigenvalue weighted by Gasteiger charge is -2.25. The Hall–Kier alpha value is -2.58. The highest BCUT2D eigenvalue weighted by Gasteiger charge is 2.28. The average molecular weight is 1180 g/mol. The summed E-state index contributed by atoms with van der Waals surface area (Å²) in [6.07, 6.45) is 92.8. The number of aliphatic hydroxyl groups is 1. The van der Waals surface area contributed by atoms with Crippen LogP contribution in [0.15, 0.2) is 97.2 Å². The van der Waals surface area contributed by atoms with E-state index in [-0.39, 0.29) is 19.1 Å². The van der Waals surface area contributed by atoms with E-state index in [4.69, 9.17) is 9.05 Å². The summed E-state index contributed by atoms with van der Waals surface area (Å²) in [5, 5.41) is 14.0. The Morgan fingerprint density at radius 3 is 1.11 bits per heavy atom. The fourth-order valence-corrected chi connectivity index (χ4v) is 10.8. The van der Waals surface area contributed by atoms with E-state index in [0.29, 0.717) is 17.4 Å². The van der Waals surface area contributed by atoms with Crippen molar-refractivity contribution in [3.05, 3.63) is 97.2 Å². The van der Waals surface area contributed by atoms with Gasteiger partial charge in [-0.25, -0.2) is 4.57 Å². The van der Waals surface area contributed by atoms with Crippen molar-refractivity contribution in [3.8, 4) is 0 Å². The Kier molecular flexibility index (Phi) is 61.9. The maximum Gasteiger partial charge on any atom is 0.472 e. The molecule has 8 nitrogen and oxygen atoms in total. The molecule has 0 saturated carbocycles. The van der Waals surface area contributed by atoms with Crippen molar-refractivity contribution in [3.63, 3.8) is 0 Å². The number of hydrogen-bond acceptors (Lipinski definition) is 5. The topological polar surface area (TPSA) is 105 Å². The highest BCUT2D eigenvalue weighted by Crippen LogP contribution is 2.43. The second-order valence-electron chi connectivity index (χ2n) is 24.9. The lowest BCUT2D eigenvalue weighted by Crippen LogP contribution is -2.45. The van der Waals surface area contributed by atoms with Crippen molar-refractivity contribution in [1.29, 1.82) is 0 Å². The van der Waals surface area contributed by atoms with E-state index < -0.39 is 20.0 Å². The van der Waals surface area contributed by atoms with Gasteiger partial charge in [-0.3, -0.25) is 13.8 Å². The molecule has 0 saturated heterocycles. The Labute approximate surface area is 515 Å². The molecule has 0 spiro atoms. The van der Waals surface area contributed by atoms with Gasteiger partial charge >= 0.3 is 7.82 Å². The normalized spacial score (nSPS) is 14.3. The number of nitrogens with one attached hydrogen (secondary N) is 1.